The summed E-state index contributed by atoms with van der Waals surface area (Å²) in [6.07, 6.45) is 2.19. The third-order valence-electron chi connectivity index (χ3n) is 4.29. The van der Waals surface area contributed by atoms with Crippen LogP contribution >= 0.6 is 11.3 Å². The number of ether oxygens (including phenoxy) is 1. The van der Waals surface area contributed by atoms with Crippen molar-refractivity contribution in [2.24, 2.45) is 0 Å². The first-order chi connectivity index (χ1) is 11.2. The number of fused-ring (bicyclic) bond motifs is 1. The molecule has 0 saturated heterocycles. The molecule has 0 aliphatic carbocycles. The van der Waals surface area contributed by atoms with Gasteiger partial charge in [0.1, 0.15) is 12.4 Å². The molecule has 0 radical (unpaired) electrons. The van der Waals surface area contributed by atoms with Crippen LogP contribution in [0, 0.1) is 0 Å². The molecule has 0 bridgehead atoms. The van der Waals surface area contributed by atoms with Crippen LogP contribution in [0.4, 0.5) is 0 Å². The molecule has 0 saturated carbocycles. The normalized spacial score (nSPS) is 17.3. The van der Waals surface area contributed by atoms with E-state index in [0.29, 0.717) is 6.04 Å². The Labute approximate surface area is 143 Å². The van der Waals surface area contributed by atoms with E-state index in [1.807, 2.05) is 11.3 Å². The molecule has 4 heteroatoms. The predicted molar refractivity (Wildman–Crippen MR) is 97.7 cm³/mol. The van der Waals surface area contributed by atoms with Crippen LogP contribution in [0.25, 0.3) is 0 Å². The van der Waals surface area contributed by atoms with Crippen LogP contribution < -0.4 is 10.1 Å². The number of thiophene rings is 1. The zero-order chi connectivity index (χ0) is 16.2. The van der Waals surface area contributed by atoms with Gasteiger partial charge in [-0.25, -0.2) is 0 Å². The van der Waals surface area contributed by atoms with Gasteiger partial charge < -0.3 is 15.0 Å². The molecule has 124 valence electrons. The highest BCUT2D eigenvalue weighted by molar-refractivity contribution is 7.12. The molecule has 2 aromatic rings. The fourth-order valence-corrected chi connectivity index (χ4v) is 4.02. The maximum Gasteiger partial charge on any atom is 0.119 e. The van der Waals surface area contributed by atoms with Crippen molar-refractivity contribution in [1.29, 1.82) is 0 Å². The Morgan fingerprint density at radius 2 is 2.13 bits per heavy atom. The van der Waals surface area contributed by atoms with Gasteiger partial charge >= 0.3 is 0 Å². The van der Waals surface area contributed by atoms with Gasteiger partial charge in [-0.05, 0) is 62.3 Å². The van der Waals surface area contributed by atoms with E-state index in [-0.39, 0.29) is 0 Å². The average molecular weight is 330 g/mol. The largest absolute Gasteiger partial charge is 0.492 e. The van der Waals surface area contributed by atoms with Crippen molar-refractivity contribution in [2.45, 2.75) is 25.8 Å². The third-order valence-corrected chi connectivity index (χ3v) is 5.59. The van der Waals surface area contributed by atoms with Gasteiger partial charge in [0.05, 0.1) is 6.04 Å². The molecule has 23 heavy (non-hydrogen) atoms. The summed E-state index contributed by atoms with van der Waals surface area (Å²) in [7, 11) is 4.14. The second kappa shape index (κ2) is 7.47. The number of likely N-dealkylation sites (N-methyl/N-ethyl adjacent to an activating group) is 1. The molecule has 1 aliphatic rings. The minimum Gasteiger partial charge on any atom is -0.492 e. The molecule has 0 spiro atoms. The molecule has 1 unspecified atom stereocenters. The van der Waals surface area contributed by atoms with Crippen molar-refractivity contribution >= 4 is 11.3 Å². The van der Waals surface area contributed by atoms with Gasteiger partial charge in [0.2, 0.25) is 0 Å². The van der Waals surface area contributed by atoms with Crippen molar-refractivity contribution in [1.82, 2.24) is 10.2 Å². The molecule has 2 heterocycles. The van der Waals surface area contributed by atoms with Gasteiger partial charge in [0.15, 0.2) is 0 Å². The molecule has 1 N–H and O–H groups in total. The van der Waals surface area contributed by atoms with Crippen LogP contribution in [-0.2, 0) is 12.8 Å². The SMILES string of the molecule is CCc1ccc(C2NCCc3cc(OCCN(C)C)ccc32)s1. The van der Waals surface area contributed by atoms with E-state index < -0.39 is 0 Å². The molecule has 3 nitrogen and oxygen atoms in total. The van der Waals surface area contributed by atoms with Crippen molar-refractivity contribution in [3.05, 3.63) is 51.2 Å². The first kappa shape index (κ1) is 16.5. The maximum atomic E-state index is 5.89. The van der Waals surface area contributed by atoms with Gasteiger partial charge in [-0.1, -0.05) is 13.0 Å². The smallest absolute Gasteiger partial charge is 0.119 e. The van der Waals surface area contributed by atoms with Crippen LogP contribution in [0.1, 0.15) is 33.8 Å². The lowest BCUT2D eigenvalue weighted by Crippen LogP contribution is -2.30. The second-order valence-electron chi connectivity index (χ2n) is 6.31. The van der Waals surface area contributed by atoms with E-state index in [1.165, 1.54) is 20.9 Å². The fraction of sp³-hybridized carbons (Fsp3) is 0.474. The number of nitrogens with one attached hydrogen (secondary N) is 1. The Hall–Kier alpha value is -1.36. The number of rotatable bonds is 6. The minimum atomic E-state index is 0.333. The van der Waals surface area contributed by atoms with Gasteiger partial charge in [-0.15, -0.1) is 11.3 Å². The van der Waals surface area contributed by atoms with Crippen LogP contribution in [0.3, 0.4) is 0 Å². The van der Waals surface area contributed by atoms with E-state index in [9.17, 15) is 0 Å². The quantitative estimate of drug-likeness (QED) is 0.877. The Balaban J connectivity index is 1.77. The molecule has 1 aliphatic heterocycles. The first-order valence-electron chi connectivity index (χ1n) is 8.39. The summed E-state index contributed by atoms with van der Waals surface area (Å²) < 4.78 is 5.89. The summed E-state index contributed by atoms with van der Waals surface area (Å²) in [6.45, 7) is 4.92. The highest BCUT2D eigenvalue weighted by Gasteiger charge is 2.22. The lowest BCUT2D eigenvalue weighted by atomic mass is 9.93. The average Bonchev–Trinajstić information content (AvgIpc) is 3.02. The predicted octanol–water partition coefficient (Wildman–Crippen LogP) is 3.49. The molecular formula is C19H26N2OS. The van der Waals surface area contributed by atoms with Crippen LogP contribution in [0.2, 0.25) is 0 Å². The van der Waals surface area contributed by atoms with Gasteiger partial charge in [0, 0.05) is 22.8 Å². The van der Waals surface area contributed by atoms with Crippen molar-refractivity contribution in [3.63, 3.8) is 0 Å². The van der Waals surface area contributed by atoms with Gasteiger partial charge in [-0.2, -0.15) is 0 Å². The lowest BCUT2D eigenvalue weighted by molar-refractivity contribution is 0.261. The Kier molecular flexibility index (Phi) is 5.36. The minimum absolute atomic E-state index is 0.333. The van der Waals surface area contributed by atoms with Crippen molar-refractivity contribution in [2.75, 3.05) is 33.8 Å². The number of benzene rings is 1. The highest BCUT2D eigenvalue weighted by Crippen LogP contribution is 2.34. The van der Waals surface area contributed by atoms with Gasteiger partial charge in [-0.3, -0.25) is 0 Å². The Morgan fingerprint density at radius 1 is 1.26 bits per heavy atom. The maximum absolute atomic E-state index is 5.89. The molecule has 1 aromatic carbocycles. The topological polar surface area (TPSA) is 24.5 Å². The van der Waals surface area contributed by atoms with Crippen LogP contribution in [0.15, 0.2) is 30.3 Å². The van der Waals surface area contributed by atoms with Crippen LogP contribution in [-0.4, -0.2) is 38.7 Å². The molecule has 3 rings (SSSR count). The van der Waals surface area contributed by atoms with E-state index in [0.717, 1.165) is 38.3 Å². The fourth-order valence-electron chi connectivity index (χ4n) is 2.97. The summed E-state index contributed by atoms with van der Waals surface area (Å²) in [6, 6.07) is 11.4. The highest BCUT2D eigenvalue weighted by atomic mass is 32.1. The Morgan fingerprint density at radius 3 is 2.87 bits per heavy atom. The zero-order valence-corrected chi connectivity index (χ0v) is 15.1. The molecular weight excluding hydrogens is 304 g/mol. The zero-order valence-electron chi connectivity index (χ0n) is 14.3. The molecule has 1 aromatic heterocycles. The Bertz CT molecular complexity index is 651. The summed E-state index contributed by atoms with van der Waals surface area (Å²) in [5.41, 5.74) is 2.82. The van der Waals surface area contributed by atoms with Crippen molar-refractivity contribution in [3.8, 4) is 5.75 Å². The summed E-state index contributed by atoms with van der Waals surface area (Å²) in [5, 5.41) is 3.67. The number of hydrogen-bond acceptors (Lipinski definition) is 4. The van der Waals surface area contributed by atoms with E-state index >= 15 is 0 Å². The van der Waals surface area contributed by atoms with Gasteiger partial charge in [0.25, 0.3) is 0 Å². The third kappa shape index (κ3) is 3.94. The summed E-state index contributed by atoms with van der Waals surface area (Å²) in [5.74, 6) is 0.992. The standard InChI is InChI=1S/C19H26N2OS/c1-4-16-6-8-18(23-16)19-17-7-5-15(22-12-11-21(2)3)13-14(17)9-10-20-19/h5-8,13,19-20H,4,9-12H2,1-3H3. The number of nitrogens with zero attached hydrogens (tertiary/aromatic N) is 1. The van der Waals surface area contributed by atoms with Crippen LogP contribution in [0.5, 0.6) is 5.75 Å². The molecule has 1 atom stereocenters. The lowest BCUT2D eigenvalue weighted by Gasteiger charge is -2.27. The number of aryl methyl sites for hydroxylation is 1. The monoisotopic (exact) mass is 330 g/mol. The first-order valence-corrected chi connectivity index (χ1v) is 9.21. The van der Waals surface area contributed by atoms with Crippen molar-refractivity contribution < 1.29 is 4.74 Å². The van der Waals surface area contributed by atoms with E-state index in [1.54, 1.807) is 0 Å². The summed E-state index contributed by atoms with van der Waals surface area (Å²) in [4.78, 5) is 5.02. The summed E-state index contributed by atoms with van der Waals surface area (Å²) >= 11 is 1.93. The van der Waals surface area contributed by atoms with E-state index in [4.69, 9.17) is 4.74 Å². The molecule has 0 fully saturated rings. The second-order valence-corrected chi connectivity index (χ2v) is 7.51. The molecule has 0 amide bonds. The number of hydrogen-bond donors (Lipinski definition) is 1. The van der Waals surface area contributed by atoms with E-state index in [2.05, 4.69) is 61.6 Å².